The van der Waals surface area contributed by atoms with E-state index in [1.807, 2.05) is 6.92 Å². The van der Waals surface area contributed by atoms with E-state index >= 15 is 0 Å². The van der Waals surface area contributed by atoms with E-state index in [4.69, 9.17) is 15.5 Å². The van der Waals surface area contributed by atoms with E-state index in [2.05, 4.69) is 15.2 Å². The van der Waals surface area contributed by atoms with Gasteiger partial charge in [0.2, 0.25) is 17.8 Å². The number of benzene rings is 1. The molecule has 1 aromatic heterocycles. The molecule has 1 saturated carbocycles. The van der Waals surface area contributed by atoms with Gasteiger partial charge < -0.3 is 25.6 Å². The highest BCUT2D eigenvalue weighted by Crippen LogP contribution is 2.39. The van der Waals surface area contributed by atoms with Crippen LogP contribution < -0.4 is 25.6 Å². The van der Waals surface area contributed by atoms with Gasteiger partial charge in [-0.1, -0.05) is 25.8 Å². The van der Waals surface area contributed by atoms with Crippen LogP contribution in [-0.2, 0) is 11.3 Å². The molecule has 9 nitrogen and oxygen atoms in total. The molecule has 2 aromatic rings. The van der Waals surface area contributed by atoms with E-state index in [0.29, 0.717) is 29.8 Å². The van der Waals surface area contributed by atoms with Crippen molar-refractivity contribution in [2.24, 2.45) is 5.73 Å². The summed E-state index contributed by atoms with van der Waals surface area (Å²) in [6.07, 6.45) is 6.94. The van der Waals surface area contributed by atoms with Crippen molar-refractivity contribution >= 4 is 29.3 Å². The van der Waals surface area contributed by atoms with Crippen LogP contribution in [0.5, 0.6) is 5.75 Å². The van der Waals surface area contributed by atoms with Gasteiger partial charge in [0.05, 0.1) is 13.3 Å². The van der Waals surface area contributed by atoms with Gasteiger partial charge in [-0.15, -0.1) is 0 Å². The van der Waals surface area contributed by atoms with Crippen molar-refractivity contribution in [1.82, 2.24) is 9.97 Å². The molecule has 1 unspecified atom stereocenters. The Labute approximate surface area is 188 Å². The number of rotatable bonds is 7. The number of hydrogen-bond acceptors (Lipinski definition) is 7. The third kappa shape index (κ3) is 3.94. The second-order valence-electron chi connectivity index (χ2n) is 8.31. The van der Waals surface area contributed by atoms with Crippen LogP contribution in [0.2, 0.25) is 0 Å². The molecule has 1 aliphatic heterocycles. The van der Waals surface area contributed by atoms with Crippen LogP contribution in [-0.4, -0.2) is 48.0 Å². The highest BCUT2D eigenvalue weighted by atomic mass is 16.5. The normalized spacial score (nSPS) is 18.6. The van der Waals surface area contributed by atoms with E-state index < -0.39 is 5.91 Å². The molecule has 2 amide bonds. The fraction of sp³-hybridized carbons (Fsp3) is 0.478. The second kappa shape index (κ2) is 9.02. The van der Waals surface area contributed by atoms with Gasteiger partial charge in [0, 0.05) is 30.8 Å². The molecule has 0 spiro atoms. The zero-order valence-electron chi connectivity index (χ0n) is 18.8. The van der Waals surface area contributed by atoms with E-state index in [9.17, 15) is 9.59 Å². The highest BCUT2D eigenvalue weighted by molar-refractivity contribution is 6.04. The summed E-state index contributed by atoms with van der Waals surface area (Å²) in [5.41, 5.74) is 7.34. The first kappa shape index (κ1) is 21.9. The van der Waals surface area contributed by atoms with Crippen LogP contribution >= 0.6 is 0 Å². The summed E-state index contributed by atoms with van der Waals surface area (Å²) in [6, 6.07) is 5.21. The van der Waals surface area contributed by atoms with Crippen LogP contribution in [0.3, 0.4) is 0 Å². The zero-order chi connectivity index (χ0) is 22.8. The molecular formula is C23H30N6O3. The molecule has 0 saturated heterocycles. The monoisotopic (exact) mass is 438 g/mol. The lowest BCUT2D eigenvalue weighted by Gasteiger charge is -2.43. The molecule has 1 fully saturated rings. The standard InChI is InChI=1S/C23H30N6O3/c1-4-17-22(31)28(2)18-13-26-23(27-21(18)29(17)16-7-5-6-8-16)25-12-15-10-9-14(20(24)30)11-19(15)32-3/h9-11,13,16-17H,4-8,12H2,1-3H3,(H2,24,30)(H,25,26,27). The molecule has 0 bridgehead atoms. The van der Waals surface area contributed by atoms with Gasteiger partial charge in [-0.05, 0) is 31.4 Å². The number of fused-ring (bicyclic) bond motifs is 1. The predicted molar refractivity (Wildman–Crippen MR) is 123 cm³/mol. The number of carbonyl (C=O) groups excluding carboxylic acids is 2. The SMILES string of the molecule is CCC1C(=O)N(C)c2cnc(NCc3ccc(C(N)=O)cc3OC)nc2N1C1CCCC1. The number of nitrogens with one attached hydrogen (secondary N) is 1. The van der Waals surface area contributed by atoms with Gasteiger partial charge in [-0.2, -0.15) is 4.98 Å². The number of primary amides is 1. The summed E-state index contributed by atoms with van der Waals surface area (Å²) >= 11 is 0. The van der Waals surface area contributed by atoms with Crippen molar-refractivity contribution in [2.45, 2.75) is 57.7 Å². The summed E-state index contributed by atoms with van der Waals surface area (Å²) in [7, 11) is 3.34. The largest absolute Gasteiger partial charge is 0.496 e. The lowest BCUT2D eigenvalue weighted by atomic mass is 10.0. The summed E-state index contributed by atoms with van der Waals surface area (Å²) in [5, 5.41) is 3.26. The van der Waals surface area contributed by atoms with Crippen molar-refractivity contribution in [3.63, 3.8) is 0 Å². The summed E-state index contributed by atoms with van der Waals surface area (Å²) < 4.78 is 5.41. The number of likely N-dealkylation sites (N-methyl/N-ethyl adjacent to an activating group) is 1. The average molecular weight is 439 g/mol. The smallest absolute Gasteiger partial charge is 0.249 e. The fourth-order valence-corrected chi connectivity index (χ4v) is 4.69. The molecule has 2 aliphatic rings. The van der Waals surface area contributed by atoms with Gasteiger partial charge in [-0.3, -0.25) is 9.59 Å². The van der Waals surface area contributed by atoms with Gasteiger partial charge in [0.15, 0.2) is 5.82 Å². The molecule has 3 N–H and O–H groups in total. The number of carbonyl (C=O) groups is 2. The topological polar surface area (TPSA) is 114 Å². The first-order valence-electron chi connectivity index (χ1n) is 11.1. The minimum atomic E-state index is -0.503. The zero-order valence-corrected chi connectivity index (χ0v) is 18.8. The molecule has 32 heavy (non-hydrogen) atoms. The molecule has 1 atom stereocenters. The van der Waals surface area contributed by atoms with Crippen molar-refractivity contribution in [2.75, 3.05) is 29.3 Å². The first-order chi connectivity index (χ1) is 15.4. The Bertz CT molecular complexity index is 1020. The maximum atomic E-state index is 13.0. The maximum Gasteiger partial charge on any atom is 0.249 e. The van der Waals surface area contributed by atoms with Crippen molar-refractivity contribution < 1.29 is 14.3 Å². The Morgan fingerprint density at radius 3 is 2.72 bits per heavy atom. The third-order valence-electron chi connectivity index (χ3n) is 6.42. The quantitative estimate of drug-likeness (QED) is 0.683. The number of methoxy groups -OCH3 is 1. The number of nitrogens with two attached hydrogens (primary N) is 1. The Morgan fingerprint density at radius 2 is 2.06 bits per heavy atom. The van der Waals surface area contributed by atoms with Crippen LogP contribution in [0, 0.1) is 0 Å². The minimum Gasteiger partial charge on any atom is -0.496 e. The van der Waals surface area contributed by atoms with Gasteiger partial charge in [-0.25, -0.2) is 4.98 Å². The molecule has 2 heterocycles. The molecule has 1 aromatic carbocycles. The Morgan fingerprint density at radius 1 is 1.31 bits per heavy atom. The first-order valence-corrected chi connectivity index (χ1v) is 11.1. The summed E-state index contributed by atoms with van der Waals surface area (Å²) in [6.45, 7) is 2.46. The average Bonchev–Trinajstić information content (AvgIpc) is 3.33. The summed E-state index contributed by atoms with van der Waals surface area (Å²) in [4.78, 5) is 37.6. The number of hydrogen-bond donors (Lipinski definition) is 2. The lowest BCUT2D eigenvalue weighted by molar-refractivity contribution is -0.120. The van der Waals surface area contributed by atoms with Crippen molar-refractivity contribution in [3.8, 4) is 5.75 Å². The van der Waals surface area contributed by atoms with Crippen molar-refractivity contribution in [1.29, 1.82) is 0 Å². The Kier molecular flexibility index (Phi) is 6.16. The predicted octanol–water partition coefficient (Wildman–Crippen LogP) is 2.70. The van der Waals surface area contributed by atoms with E-state index in [-0.39, 0.29) is 11.9 Å². The molecular weight excluding hydrogens is 408 g/mol. The molecule has 170 valence electrons. The lowest BCUT2D eigenvalue weighted by Crippen LogP contribution is -2.55. The van der Waals surface area contributed by atoms with E-state index in [1.54, 1.807) is 43.5 Å². The Balaban J connectivity index is 1.62. The van der Waals surface area contributed by atoms with E-state index in [0.717, 1.165) is 36.3 Å². The highest BCUT2D eigenvalue weighted by Gasteiger charge is 2.41. The summed E-state index contributed by atoms with van der Waals surface area (Å²) in [5.74, 6) is 1.44. The van der Waals surface area contributed by atoms with Crippen LogP contribution in [0.1, 0.15) is 54.9 Å². The molecule has 9 heteroatoms. The number of aromatic nitrogens is 2. The number of amides is 2. The van der Waals surface area contributed by atoms with Gasteiger partial charge >= 0.3 is 0 Å². The van der Waals surface area contributed by atoms with Crippen LogP contribution in [0.15, 0.2) is 24.4 Å². The second-order valence-corrected chi connectivity index (χ2v) is 8.31. The molecule has 0 radical (unpaired) electrons. The Hall–Kier alpha value is -3.36. The van der Waals surface area contributed by atoms with Crippen LogP contribution in [0.25, 0.3) is 0 Å². The maximum absolute atomic E-state index is 13.0. The molecule has 1 aliphatic carbocycles. The third-order valence-corrected chi connectivity index (χ3v) is 6.42. The number of anilines is 3. The molecule has 4 rings (SSSR count). The van der Waals surface area contributed by atoms with Gasteiger partial charge in [0.1, 0.15) is 17.5 Å². The minimum absolute atomic E-state index is 0.0930. The van der Waals surface area contributed by atoms with Crippen LogP contribution in [0.4, 0.5) is 17.5 Å². The number of nitrogens with zero attached hydrogens (tertiary/aromatic N) is 4. The fourth-order valence-electron chi connectivity index (χ4n) is 4.69. The van der Waals surface area contributed by atoms with E-state index in [1.165, 1.54) is 12.8 Å². The number of ether oxygens (including phenoxy) is 1. The van der Waals surface area contributed by atoms with Gasteiger partial charge in [0.25, 0.3) is 0 Å². The van der Waals surface area contributed by atoms with Crippen molar-refractivity contribution in [3.05, 3.63) is 35.5 Å².